The number of benzene rings is 2. The molecule has 0 aromatic heterocycles. The third kappa shape index (κ3) is 9.85. The van der Waals surface area contributed by atoms with Crippen LogP contribution in [-0.2, 0) is 35.2 Å². The van der Waals surface area contributed by atoms with E-state index in [-0.39, 0.29) is 12.0 Å². The first-order valence-electron chi connectivity index (χ1n) is 16.6. The summed E-state index contributed by atoms with van der Waals surface area (Å²) in [7, 11) is 5.21. The smallest absolute Gasteiger partial charge is 0.270 e. The van der Waals surface area contributed by atoms with Crippen molar-refractivity contribution in [3.8, 4) is 11.5 Å². The fraction of sp³-hybridized carbons (Fsp3) is 0.444. The summed E-state index contributed by atoms with van der Waals surface area (Å²) in [4.78, 5) is 84.2. The van der Waals surface area contributed by atoms with E-state index in [1.165, 1.54) is 72.5 Å². The van der Waals surface area contributed by atoms with Crippen LogP contribution in [0.15, 0.2) is 60.9 Å². The molecular weight excluding hydrogens is 676 g/mol. The van der Waals surface area contributed by atoms with Crippen molar-refractivity contribution in [1.29, 1.82) is 0 Å². The van der Waals surface area contributed by atoms with Crippen LogP contribution in [0.2, 0.25) is 0 Å². The molecule has 3 rings (SSSR count). The number of rotatable bonds is 7. The predicted molar refractivity (Wildman–Crippen MR) is 188 cm³/mol. The number of likely N-dealkylation sites (N-methyl/N-ethyl adjacent to an activating group) is 3. The number of aliphatic hydroxyl groups is 2. The number of nitrogens with one attached hydrogen (secondary N) is 3. The van der Waals surface area contributed by atoms with Gasteiger partial charge in [0.2, 0.25) is 29.9 Å². The third-order valence-electron chi connectivity index (χ3n) is 8.74. The van der Waals surface area contributed by atoms with Gasteiger partial charge in [0.15, 0.2) is 0 Å². The summed E-state index contributed by atoms with van der Waals surface area (Å²) in [6.45, 7) is 5.85. The van der Waals surface area contributed by atoms with Crippen LogP contribution in [0.1, 0.15) is 44.9 Å². The predicted octanol–water partition coefficient (Wildman–Crippen LogP) is -0.158. The molecule has 1 aliphatic rings. The van der Waals surface area contributed by atoms with E-state index in [0.717, 1.165) is 16.8 Å². The zero-order valence-electron chi connectivity index (χ0n) is 30.5. The maximum Gasteiger partial charge on any atom is 0.270 e. The zero-order valence-corrected chi connectivity index (χ0v) is 30.5. The van der Waals surface area contributed by atoms with E-state index in [0.29, 0.717) is 22.0 Å². The van der Waals surface area contributed by atoms with Crippen molar-refractivity contribution >= 4 is 35.4 Å². The second kappa shape index (κ2) is 18.1. The number of allylic oxidation sites excluding steroid dienone is 1. The highest BCUT2D eigenvalue weighted by atomic mass is 16.5. The molecule has 1 unspecified atom stereocenters. The summed E-state index contributed by atoms with van der Waals surface area (Å²) < 4.78 is 10.6. The van der Waals surface area contributed by atoms with Gasteiger partial charge in [-0.15, -0.1) is 0 Å². The second-order valence-electron chi connectivity index (χ2n) is 12.5. The van der Waals surface area contributed by atoms with E-state index < -0.39 is 78.0 Å². The Bertz CT molecular complexity index is 1630. The third-order valence-corrected chi connectivity index (χ3v) is 8.74. The topological polar surface area (TPSA) is 207 Å². The highest BCUT2D eigenvalue weighted by Gasteiger charge is 2.41. The van der Waals surface area contributed by atoms with E-state index in [9.17, 15) is 39.0 Å². The Morgan fingerprint density at radius 2 is 1.23 bits per heavy atom. The molecule has 1 aliphatic heterocycles. The average molecular weight is 725 g/mol. The van der Waals surface area contributed by atoms with Crippen LogP contribution in [0.25, 0.3) is 0 Å². The van der Waals surface area contributed by atoms with E-state index in [2.05, 4.69) is 16.0 Å². The minimum Gasteiger partial charge on any atom is -0.497 e. The fourth-order valence-electron chi connectivity index (χ4n) is 5.51. The summed E-state index contributed by atoms with van der Waals surface area (Å²) >= 11 is 0. The zero-order chi connectivity index (χ0) is 38.9. The Morgan fingerprint density at radius 3 is 1.79 bits per heavy atom. The van der Waals surface area contributed by atoms with Crippen molar-refractivity contribution in [2.75, 3.05) is 28.3 Å². The Labute approximate surface area is 302 Å². The maximum atomic E-state index is 14.0. The van der Waals surface area contributed by atoms with Crippen molar-refractivity contribution in [2.24, 2.45) is 0 Å². The van der Waals surface area contributed by atoms with Gasteiger partial charge in [-0.2, -0.15) is 0 Å². The van der Waals surface area contributed by atoms with Crippen molar-refractivity contribution in [3.05, 3.63) is 72.0 Å². The molecule has 282 valence electrons. The molecule has 0 spiro atoms. The van der Waals surface area contributed by atoms with Crippen molar-refractivity contribution < 1.29 is 48.5 Å². The number of carbonyl (C=O) groups is 6. The minimum atomic E-state index is -2.16. The number of aliphatic hydroxyl groups excluding tert-OH is 2. The van der Waals surface area contributed by atoms with Crippen LogP contribution in [0.5, 0.6) is 11.5 Å². The summed E-state index contributed by atoms with van der Waals surface area (Å²) in [6.07, 6.45) is -0.715. The molecule has 5 N–H and O–H groups in total. The van der Waals surface area contributed by atoms with Crippen LogP contribution in [0.4, 0.5) is 0 Å². The van der Waals surface area contributed by atoms with Crippen molar-refractivity contribution in [3.63, 3.8) is 0 Å². The number of amides is 6. The summed E-state index contributed by atoms with van der Waals surface area (Å²) in [6, 6.07) is 6.21. The number of ether oxygens (including phenoxy) is 2. The molecule has 6 amide bonds. The molecule has 0 saturated carbocycles. The second-order valence-corrected chi connectivity index (χ2v) is 12.5. The molecule has 1 fully saturated rings. The molecular formula is C36H48N6O10. The van der Waals surface area contributed by atoms with Gasteiger partial charge in [0.1, 0.15) is 47.8 Å². The molecule has 0 radical (unpaired) electrons. The Balaban J connectivity index is 2.07. The Hall–Kier alpha value is -5.48. The van der Waals surface area contributed by atoms with Gasteiger partial charge in [0, 0.05) is 27.6 Å². The van der Waals surface area contributed by atoms with Gasteiger partial charge in [0.25, 0.3) is 11.8 Å². The molecule has 0 bridgehead atoms. The number of hydrogen-bond donors (Lipinski definition) is 5. The lowest BCUT2D eigenvalue weighted by molar-refractivity contribution is -0.161. The van der Waals surface area contributed by atoms with Gasteiger partial charge in [0.05, 0.1) is 13.4 Å². The molecule has 2 aromatic carbocycles. The average Bonchev–Trinajstić information content (AvgIpc) is 3.14. The maximum absolute atomic E-state index is 14.0. The van der Waals surface area contributed by atoms with Crippen LogP contribution >= 0.6 is 0 Å². The van der Waals surface area contributed by atoms with Gasteiger partial charge in [-0.25, -0.2) is 0 Å². The monoisotopic (exact) mass is 724 g/mol. The number of hydrogen-bond acceptors (Lipinski definition) is 10. The largest absolute Gasteiger partial charge is 0.497 e. The molecule has 1 heterocycles. The van der Waals surface area contributed by atoms with Crippen LogP contribution in [-0.4, -0.2) is 125 Å². The van der Waals surface area contributed by atoms with E-state index in [1.807, 2.05) is 0 Å². The van der Waals surface area contributed by atoms with Crippen LogP contribution in [0, 0.1) is 0 Å². The van der Waals surface area contributed by atoms with Crippen molar-refractivity contribution in [1.82, 2.24) is 30.7 Å². The lowest BCUT2D eigenvalue weighted by atomic mass is 9.98. The molecule has 1 saturated heterocycles. The highest BCUT2D eigenvalue weighted by Crippen LogP contribution is 2.26. The van der Waals surface area contributed by atoms with Gasteiger partial charge < -0.3 is 50.3 Å². The standard InChI is InChI=1S/C36H48N6O10/c1-9-18-52-26-16-12-24(13-17-26)29(43)28-35(49)42(7)36(50)32(46)37-20(2)30(44)38-21(3)33(47)40(5)27(19-23-10-14-25(51-8)15-11-23)31(45)39-22(4)34(48)41(28)6/h9-18,20-22,27-29,36,43,50H,19H2,1-8H3,(H,37,46)(H,38,44)(H,39,45)/b18-9+/t20-,21+,22+,27-,28-,29+,36?/m0/s1. The first-order chi connectivity index (χ1) is 24.5. The highest BCUT2D eigenvalue weighted by molar-refractivity contribution is 5.97. The van der Waals surface area contributed by atoms with Crippen LogP contribution < -0.4 is 25.4 Å². The van der Waals surface area contributed by atoms with E-state index >= 15 is 0 Å². The summed E-state index contributed by atoms with van der Waals surface area (Å²) in [5.74, 6) is -4.12. The number of methoxy groups -OCH3 is 1. The number of nitrogens with zero attached hydrogens (tertiary/aromatic N) is 3. The van der Waals surface area contributed by atoms with Gasteiger partial charge in [-0.3, -0.25) is 28.8 Å². The van der Waals surface area contributed by atoms with E-state index in [1.54, 1.807) is 37.3 Å². The molecule has 2 aromatic rings. The SMILES string of the molecule is C/C=C/Oc1ccc([C@@H](O)[C@H]2C(=O)N(C)C(O)C(=O)N[C@@H](C)C(=O)N[C@H](C)C(=O)N(C)[C@@H](Cc3ccc(OC)cc3)C(=O)N[C@H](C)C(=O)N2C)cc1. The first kappa shape index (κ1) is 40.9. The van der Waals surface area contributed by atoms with Gasteiger partial charge >= 0.3 is 0 Å². The van der Waals surface area contributed by atoms with E-state index in [4.69, 9.17) is 9.47 Å². The molecule has 16 nitrogen and oxygen atoms in total. The van der Waals surface area contributed by atoms with Gasteiger partial charge in [-0.1, -0.05) is 30.3 Å². The Kier molecular flexibility index (Phi) is 14.3. The summed E-state index contributed by atoms with van der Waals surface area (Å²) in [5.41, 5.74) is 0.848. The molecule has 0 aliphatic carbocycles. The molecule has 7 atom stereocenters. The fourth-order valence-corrected chi connectivity index (χ4v) is 5.51. The minimum absolute atomic E-state index is 0.0121. The first-order valence-corrected chi connectivity index (χ1v) is 16.6. The lowest BCUT2D eigenvalue weighted by Gasteiger charge is -2.37. The van der Waals surface area contributed by atoms with Gasteiger partial charge in [-0.05, 0) is 63.1 Å². The summed E-state index contributed by atoms with van der Waals surface area (Å²) in [5, 5.41) is 29.9. The van der Waals surface area contributed by atoms with Crippen molar-refractivity contribution in [2.45, 2.75) is 76.7 Å². The lowest BCUT2D eigenvalue weighted by Crippen LogP contribution is -2.61. The molecule has 52 heavy (non-hydrogen) atoms. The number of carbonyl (C=O) groups excluding carboxylic acids is 6. The normalized spacial score (nSPS) is 25.2. The molecule has 16 heteroatoms. The quantitative estimate of drug-likeness (QED) is 0.239. The van der Waals surface area contributed by atoms with Crippen LogP contribution in [0.3, 0.4) is 0 Å². The Morgan fingerprint density at radius 1 is 0.712 bits per heavy atom.